The van der Waals surface area contributed by atoms with E-state index in [1.165, 1.54) is 0 Å². The second kappa shape index (κ2) is 7.71. The number of hydrogen-bond donors (Lipinski definition) is 1. The van der Waals surface area contributed by atoms with E-state index in [1.54, 1.807) is 4.90 Å². The van der Waals surface area contributed by atoms with Crippen molar-refractivity contribution in [3.63, 3.8) is 0 Å². The Labute approximate surface area is 160 Å². The van der Waals surface area contributed by atoms with Gasteiger partial charge in [-0.3, -0.25) is 14.4 Å². The highest BCUT2D eigenvalue weighted by Gasteiger charge is 2.33. The van der Waals surface area contributed by atoms with Crippen LogP contribution in [0.25, 0.3) is 0 Å². The van der Waals surface area contributed by atoms with Crippen LogP contribution in [0.15, 0.2) is 24.3 Å². The normalized spacial score (nSPS) is 18.7. The highest BCUT2D eigenvalue weighted by Crippen LogP contribution is 2.31. The van der Waals surface area contributed by atoms with E-state index in [-0.39, 0.29) is 23.6 Å². The lowest BCUT2D eigenvalue weighted by Crippen LogP contribution is -2.45. The summed E-state index contributed by atoms with van der Waals surface area (Å²) in [5.41, 5.74) is 1.07. The second-order valence-corrected chi connectivity index (χ2v) is 8.47. The topological polar surface area (TPSA) is 69.7 Å². The smallest absolute Gasteiger partial charge is 0.227 e. The number of piperidine rings is 1. The molecule has 27 heavy (non-hydrogen) atoms. The Bertz CT molecular complexity index is 730. The first kappa shape index (κ1) is 19.4. The van der Waals surface area contributed by atoms with Crippen molar-refractivity contribution >= 4 is 29.1 Å². The summed E-state index contributed by atoms with van der Waals surface area (Å²) in [5.74, 6) is 0.0956. The van der Waals surface area contributed by atoms with E-state index < -0.39 is 5.41 Å². The van der Waals surface area contributed by atoms with Crippen molar-refractivity contribution < 1.29 is 14.4 Å². The molecule has 2 saturated heterocycles. The van der Waals surface area contributed by atoms with Crippen molar-refractivity contribution in [2.45, 2.75) is 46.5 Å². The summed E-state index contributed by atoms with van der Waals surface area (Å²) in [6.07, 6.45) is 2.74. The molecule has 1 aromatic carbocycles. The maximum atomic E-state index is 12.8. The van der Waals surface area contributed by atoms with Gasteiger partial charge in [0.1, 0.15) is 0 Å². The molecule has 2 aliphatic rings. The lowest BCUT2D eigenvalue weighted by Gasteiger charge is -2.35. The van der Waals surface area contributed by atoms with Gasteiger partial charge < -0.3 is 15.1 Å². The number of carbonyl (C=O) groups is 3. The summed E-state index contributed by atoms with van der Waals surface area (Å²) in [6, 6.07) is 7.47. The van der Waals surface area contributed by atoms with Gasteiger partial charge in [-0.2, -0.15) is 0 Å². The van der Waals surface area contributed by atoms with Crippen LogP contribution in [0.1, 0.15) is 46.5 Å². The maximum Gasteiger partial charge on any atom is 0.227 e. The Kier molecular flexibility index (Phi) is 5.53. The highest BCUT2D eigenvalue weighted by molar-refractivity contribution is 6.02. The lowest BCUT2D eigenvalue weighted by molar-refractivity contribution is -0.142. The van der Waals surface area contributed by atoms with Crippen LogP contribution in [0.5, 0.6) is 0 Å². The molecule has 3 amide bonds. The first-order chi connectivity index (χ1) is 12.8. The minimum atomic E-state index is -0.393. The van der Waals surface area contributed by atoms with Crippen molar-refractivity contribution in [3.05, 3.63) is 24.3 Å². The third-order valence-corrected chi connectivity index (χ3v) is 5.32. The summed E-state index contributed by atoms with van der Waals surface area (Å²) in [6.45, 7) is 7.68. The van der Waals surface area contributed by atoms with Gasteiger partial charge in [-0.25, -0.2) is 0 Å². The standard InChI is InChI=1S/C21H29N3O3/c1-21(2,3)20(27)23-13-10-15(11-14-23)19(26)22-16-7-4-5-8-17(16)24-12-6-9-18(24)25/h4-5,7-8,15H,6,9-14H2,1-3H3,(H,22,26). The number of benzene rings is 1. The molecular weight excluding hydrogens is 342 g/mol. The van der Waals surface area contributed by atoms with Crippen molar-refractivity contribution in [1.29, 1.82) is 0 Å². The number of amides is 3. The van der Waals surface area contributed by atoms with Gasteiger partial charge in [0.15, 0.2) is 0 Å². The number of nitrogens with zero attached hydrogens (tertiary/aromatic N) is 2. The molecule has 0 aliphatic carbocycles. The fourth-order valence-electron chi connectivity index (χ4n) is 3.77. The van der Waals surface area contributed by atoms with Crippen molar-refractivity contribution in [3.8, 4) is 0 Å². The quantitative estimate of drug-likeness (QED) is 0.888. The first-order valence-electron chi connectivity index (χ1n) is 9.77. The molecule has 0 aromatic heterocycles. The van der Waals surface area contributed by atoms with Crippen LogP contribution < -0.4 is 10.2 Å². The number of likely N-dealkylation sites (tertiary alicyclic amines) is 1. The summed E-state index contributed by atoms with van der Waals surface area (Å²) in [4.78, 5) is 40.9. The summed E-state index contributed by atoms with van der Waals surface area (Å²) < 4.78 is 0. The van der Waals surface area contributed by atoms with Crippen LogP contribution in [0.4, 0.5) is 11.4 Å². The fraction of sp³-hybridized carbons (Fsp3) is 0.571. The van der Waals surface area contributed by atoms with Crippen LogP contribution in [0, 0.1) is 11.3 Å². The minimum absolute atomic E-state index is 0.0306. The Hall–Kier alpha value is -2.37. The minimum Gasteiger partial charge on any atom is -0.342 e. The number of nitrogens with one attached hydrogen (secondary N) is 1. The highest BCUT2D eigenvalue weighted by atomic mass is 16.2. The molecule has 146 valence electrons. The number of anilines is 2. The molecule has 0 unspecified atom stereocenters. The molecule has 0 saturated carbocycles. The van der Waals surface area contributed by atoms with Crippen LogP contribution in [0.3, 0.4) is 0 Å². The van der Waals surface area contributed by atoms with Crippen LogP contribution in [-0.2, 0) is 14.4 Å². The van der Waals surface area contributed by atoms with Crippen LogP contribution >= 0.6 is 0 Å². The van der Waals surface area contributed by atoms with E-state index in [0.29, 0.717) is 44.6 Å². The van der Waals surface area contributed by atoms with Crippen LogP contribution in [-0.4, -0.2) is 42.3 Å². The molecule has 1 aromatic rings. The molecule has 1 N–H and O–H groups in total. The molecule has 3 rings (SSSR count). The molecule has 0 atom stereocenters. The zero-order chi connectivity index (χ0) is 19.6. The zero-order valence-electron chi connectivity index (χ0n) is 16.5. The molecule has 0 spiro atoms. The van der Waals surface area contributed by atoms with E-state index >= 15 is 0 Å². The van der Waals surface area contributed by atoms with Gasteiger partial charge in [0.05, 0.1) is 11.4 Å². The van der Waals surface area contributed by atoms with Gasteiger partial charge in [-0.15, -0.1) is 0 Å². The average molecular weight is 371 g/mol. The molecule has 2 aliphatic heterocycles. The predicted octanol–water partition coefficient (Wildman–Crippen LogP) is 3.04. The SMILES string of the molecule is CC(C)(C)C(=O)N1CCC(C(=O)Nc2ccccc2N2CCCC2=O)CC1. The Morgan fingerprint density at radius 1 is 1.07 bits per heavy atom. The maximum absolute atomic E-state index is 12.8. The molecule has 0 radical (unpaired) electrons. The lowest BCUT2D eigenvalue weighted by atomic mass is 9.90. The number of hydrogen-bond acceptors (Lipinski definition) is 3. The molecule has 2 fully saturated rings. The average Bonchev–Trinajstić information content (AvgIpc) is 3.06. The van der Waals surface area contributed by atoms with Crippen molar-refractivity contribution in [2.75, 3.05) is 29.9 Å². The fourth-order valence-corrected chi connectivity index (χ4v) is 3.77. The summed E-state index contributed by atoms with van der Waals surface area (Å²) in [7, 11) is 0. The van der Waals surface area contributed by atoms with Crippen LogP contribution in [0.2, 0.25) is 0 Å². The molecule has 6 nitrogen and oxygen atoms in total. The molecular formula is C21H29N3O3. The van der Waals surface area contributed by atoms with Gasteiger partial charge in [0, 0.05) is 37.4 Å². The summed E-state index contributed by atoms with van der Waals surface area (Å²) >= 11 is 0. The monoisotopic (exact) mass is 371 g/mol. The van der Waals surface area contributed by atoms with Gasteiger partial charge in [-0.1, -0.05) is 32.9 Å². The Morgan fingerprint density at radius 3 is 2.33 bits per heavy atom. The van der Waals surface area contributed by atoms with E-state index in [0.717, 1.165) is 12.1 Å². The largest absolute Gasteiger partial charge is 0.342 e. The Morgan fingerprint density at radius 2 is 1.74 bits per heavy atom. The molecule has 6 heteroatoms. The zero-order valence-corrected chi connectivity index (χ0v) is 16.5. The second-order valence-electron chi connectivity index (χ2n) is 8.47. The van der Waals surface area contributed by atoms with Gasteiger partial charge in [0.2, 0.25) is 17.7 Å². The predicted molar refractivity (Wildman–Crippen MR) is 105 cm³/mol. The van der Waals surface area contributed by atoms with E-state index in [1.807, 2.05) is 49.9 Å². The third-order valence-electron chi connectivity index (χ3n) is 5.32. The number of para-hydroxylation sites is 2. The number of carbonyl (C=O) groups excluding carboxylic acids is 3. The third kappa shape index (κ3) is 4.31. The molecule has 0 bridgehead atoms. The van der Waals surface area contributed by atoms with E-state index in [2.05, 4.69) is 5.32 Å². The van der Waals surface area contributed by atoms with Gasteiger partial charge in [-0.05, 0) is 31.4 Å². The van der Waals surface area contributed by atoms with Crippen molar-refractivity contribution in [2.24, 2.45) is 11.3 Å². The van der Waals surface area contributed by atoms with Gasteiger partial charge >= 0.3 is 0 Å². The van der Waals surface area contributed by atoms with Crippen molar-refractivity contribution in [1.82, 2.24) is 4.90 Å². The number of rotatable bonds is 3. The van der Waals surface area contributed by atoms with E-state index in [9.17, 15) is 14.4 Å². The first-order valence-corrected chi connectivity index (χ1v) is 9.77. The molecule has 2 heterocycles. The Balaban J connectivity index is 1.63. The van der Waals surface area contributed by atoms with Gasteiger partial charge in [0.25, 0.3) is 0 Å². The van der Waals surface area contributed by atoms with E-state index in [4.69, 9.17) is 0 Å². The summed E-state index contributed by atoms with van der Waals surface area (Å²) in [5, 5.41) is 3.02.